The van der Waals surface area contributed by atoms with Gasteiger partial charge in [-0.05, 0) is 23.4 Å². The highest BCUT2D eigenvalue weighted by Crippen LogP contribution is 2.20. The Morgan fingerprint density at radius 3 is 2.62 bits per heavy atom. The Bertz CT molecular complexity index is 622. The lowest BCUT2D eigenvalue weighted by Gasteiger charge is -2.09. The lowest BCUT2D eigenvalue weighted by molar-refractivity contribution is 0.0593. The van der Waals surface area contributed by atoms with Crippen LogP contribution in [0.4, 0.5) is 5.82 Å². The van der Waals surface area contributed by atoms with Crippen molar-refractivity contribution in [2.45, 2.75) is 20.3 Å². The van der Waals surface area contributed by atoms with Crippen molar-refractivity contribution in [3.05, 3.63) is 40.3 Å². The molecule has 1 rings (SSSR count). The van der Waals surface area contributed by atoms with E-state index in [2.05, 4.69) is 32.5 Å². The first-order chi connectivity index (χ1) is 9.94. The Balaban J connectivity index is 3.36. The summed E-state index contributed by atoms with van der Waals surface area (Å²) in [6, 6.07) is 0. The van der Waals surface area contributed by atoms with Crippen LogP contribution in [0.3, 0.4) is 0 Å². The lowest BCUT2D eigenvalue weighted by Crippen LogP contribution is -2.12. The number of rotatable bonds is 5. The van der Waals surface area contributed by atoms with Crippen LogP contribution in [0, 0.1) is 0 Å². The van der Waals surface area contributed by atoms with Gasteiger partial charge in [0.2, 0.25) is 0 Å². The van der Waals surface area contributed by atoms with Gasteiger partial charge in [0.1, 0.15) is 5.82 Å². The number of esters is 1. The van der Waals surface area contributed by atoms with Crippen molar-refractivity contribution in [3.63, 3.8) is 0 Å². The third kappa shape index (κ3) is 4.26. The number of allylic oxidation sites excluding steroid dienone is 4. The maximum Gasteiger partial charge on any atom is 0.357 e. The largest absolute Gasteiger partial charge is 0.464 e. The van der Waals surface area contributed by atoms with Crippen LogP contribution in [-0.2, 0) is 4.74 Å². The van der Waals surface area contributed by atoms with Crippen molar-refractivity contribution in [2.75, 3.05) is 12.8 Å². The van der Waals surface area contributed by atoms with Gasteiger partial charge in [-0.2, -0.15) is 0 Å². The van der Waals surface area contributed by atoms with E-state index in [0.717, 1.165) is 16.5 Å². The zero-order chi connectivity index (χ0) is 16.0. The third-order valence-electron chi connectivity index (χ3n) is 2.76. The molecule has 2 N–H and O–H groups in total. The molecule has 0 saturated heterocycles. The molecule has 1 heterocycles. The third-order valence-corrected chi connectivity index (χ3v) is 3.59. The second-order valence-corrected chi connectivity index (χ2v) is 5.23. The number of nitrogens with zero attached hydrogens (tertiary/aromatic N) is 2. The van der Waals surface area contributed by atoms with E-state index in [1.165, 1.54) is 13.2 Å². The fraction of sp³-hybridized carbons (Fsp3) is 0.267. The van der Waals surface area contributed by atoms with Crippen LogP contribution >= 0.6 is 15.9 Å². The molecule has 1 aromatic rings. The summed E-state index contributed by atoms with van der Waals surface area (Å²) in [5.41, 5.74) is 7.14. The first kappa shape index (κ1) is 17.1. The number of aromatic nitrogens is 2. The van der Waals surface area contributed by atoms with Crippen LogP contribution < -0.4 is 5.73 Å². The standard InChI is InChI=1S/C15H18BrN3O2/c1-5-10(16)8-7-9(3)14-18-12(15(20)21-4)11(6-2)13(17)19-14/h6-8H,2,5H2,1,3-4H3,(H2,17,18,19). The van der Waals surface area contributed by atoms with Gasteiger partial charge in [-0.25, -0.2) is 14.8 Å². The monoisotopic (exact) mass is 351 g/mol. The normalized spacial score (nSPS) is 12.2. The lowest BCUT2D eigenvalue weighted by atomic mass is 10.1. The van der Waals surface area contributed by atoms with Crippen LogP contribution in [0.5, 0.6) is 0 Å². The molecule has 5 nitrogen and oxygen atoms in total. The number of methoxy groups -OCH3 is 1. The number of hydrogen-bond acceptors (Lipinski definition) is 5. The number of ether oxygens (including phenoxy) is 1. The van der Waals surface area contributed by atoms with E-state index in [-0.39, 0.29) is 11.5 Å². The Kier molecular flexibility index (Phi) is 6.30. The van der Waals surface area contributed by atoms with Gasteiger partial charge in [0.05, 0.1) is 7.11 Å². The predicted molar refractivity (Wildman–Crippen MR) is 88.8 cm³/mol. The molecule has 112 valence electrons. The minimum Gasteiger partial charge on any atom is -0.464 e. The number of halogens is 1. The molecule has 0 aliphatic heterocycles. The van der Waals surface area contributed by atoms with E-state index in [1.54, 1.807) is 0 Å². The molecule has 0 unspecified atom stereocenters. The minimum atomic E-state index is -0.571. The minimum absolute atomic E-state index is 0.112. The summed E-state index contributed by atoms with van der Waals surface area (Å²) in [7, 11) is 1.29. The summed E-state index contributed by atoms with van der Waals surface area (Å²) in [5, 5.41) is 0. The SMILES string of the molecule is C=Cc1c(N)nc(C(C)=CC=C(Br)CC)nc1C(=O)OC. The van der Waals surface area contributed by atoms with Gasteiger partial charge >= 0.3 is 5.97 Å². The molecule has 0 radical (unpaired) electrons. The van der Waals surface area contributed by atoms with Gasteiger partial charge in [-0.15, -0.1) is 0 Å². The molecule has 0 atom stereocenters. The molecule has 0 spiro atoms. The Hall–Kier alpha value is -1.95. The molecule has 6 heteroatoms. The zero-order valence-electron chi connectivity index (χ0n) is 12.3. The van der Waals surface area contributed by atoms with Crippen LogP contribution in [0.25, 0.3) is 11.6 Å². The molecule has 0 bridgehead atoms. The topological polar surface area (TPSA) is 78.1 Å². The van der Waals surface area contributed by atoms with E-state index in [0.29, 0.717) is 11.4 Å². The zero-order valence-corrected chi connectivity index (χ0v) is 13.9. The van der Waals surface area contributed by atoms with Gasteiger partial charge in [0, 0.05) is 5.56 Å². The fourth-order valence-corrected chi connectivity index (χ4v) is 1.66. The Morgan fingerprint density at radius 2 is 2.10 bits per heavy atom. The van der Waals surface area contributed by atoms with Crippen molar-refractivity contribution in [3.8, 4) is 0 Å². The van der Waals surface area contributed by atoms with E-state index >= 15 is 0 Å². The fourth-order valence-electron chi connectivity index (χ4n) is 1.52. The second-order valence-electron chi connectivity index (χ2n) is 4.21. The molecule has 0 aromatic carbocycles. The van der Waals surface area contributed by atoms with Gasteiger partial charge in [-0.3, -0.25) is 0 Å². The van der Waals surface area contributed by atoms with Crippen LogP contribution in [0.1, 0.15) is 42.1 Å². The van der Waals surface area contributed by atoms with Crippen LogP contribution in [0.15, 0.2) is 23.2 Å². The number of anilines is 1. The molecular formula is C15H18BrN3O2. The maximum absolute atomic E-state index is 11.8. The van der Waals surface area contributed by atoms with Crippen molar-refractivity contribution < 1.29 is 9.53 Å². The highest BCUT2D eigenvalue weighted by atomic mass is 79.9. The molecule has 0 fully saturated rings. The van der Waals surface area contributed by atoms with E-state index in [1.807, 2.05) is 26.0 Å². The van der Waals surface area contributed by atoms with Gasteiger partial charge < -0.3 is 10.5 Å². The summed E-state index contributed by atoms with van der Waals surface area (Å²) in [5.74, 6) is 0.00571. The quantitative estimate of drug-likeness (QED) is 0.647. The summed E-state index contributed by atoms with van der Waals surface area (Å²) in [4.78, 5) is 20.2. The van der Waals surface area contributed by atoms with Crippen molar-refractivity contribution in [1.29, 1.82) is 0 Å². The van der Waals surface area contributed by atoms with Crippen LogP contribution in [0.2, 0.25) is 0 Å². The predicted octanol–water partition coefficient (Wildman–Crippen LogP) is 3.58. The number of hydrogen-bond donors (Lipinski definition) is 1. The highest BCUT2D eigenvalue weighted by molar-refractivity contribution is 9.11. The average Bonchev–Trinajstić information content (AvgIpc) is 2.50. The number of carbonyl (C=O) groups is 1. The van der Waals surface area contributed by atoms with Crippen molar-refractivity contribution in [1.82, 2.24) is 9.97 Å². The number of carbonyl (C=O) groups excluding carboxylic acids is 1. The summed E-state index contributed by atoms with van der Waals surface area (Å²) < 4.78 is 5.76. The second kappa shape index (κ2) is 7.73. The molecule has 21 heavy (non-hydrogen) atoms. The van der Waals surface area contributed by atoms with Gasteiger partial charge in [-0.1, -0.05) is 47.7 Å². The maximum atomic E-state index is 11.8. The first-order valence-electron chi connectivity index (χ1n) is 6.36. The molecule has 0 amide bonds. The first-order valence-corrected chi connectivity index (χ1v) is 7.15. The smallest absolute Gasteiger partial charge is 0.357 e. The molecule has 0 saturated carbocycles. The Morgan fingerprint density at radius 1 is 1.43 bits per heavy atom. The van der Waals surface area contributed by atoms with E-state index in [4.69, 9.17) is 10.5 Å². The van der Waals surface area contributed by atoms with Crippen LogP contribution in [-0.4, -0.2) is 23.0 Å². The number of nitrogens with two attached hydrogens (primary N) is 1. The number of nitrogen functional groups attached to an aromatic ring is 1. The van der Waals surface area contributed by atoms with E-state index in [9.17, 15) is 4.79 Å². The summed E-state index contributed by atoms with van der Waals surface area (Å²) in [6.07, 6.45) is 6.10. The molecule has 1 aromatic heterocycles. The Labute approximate surface area is 132 Å². The highest BCUT2D eigenvalue weighted by Gasteiger charge is 2.17. The average molecular weight is 352 g/mol. The van der Waals surface area contributed by atoms with Crippen molar-refractivity contribution in [2.24, 2.45) is 0 Å². The summed E-state index contributed by atoms with van der Waals surface area (Å²) >= 11 is 3.43. The van der Waals surface area contributed by atoms with Gasteiger partial charge in [0.25, 0.3) is 0 Å². The summed E-state index contributed by atoms with van der Waals surface area (Å²) in [6.45, 7) is 7.49. The molecule has 0 aliphatic carbocycles. The van der Waals surface area contributed by atoms with Crippen molar-refractivity contribution >= 4 is 39.4 Å². The van der Waals surface area contributed by atoms with Gasteiger partial charge in [0.15, 0.2) is 11.5 Å². The van der Waals surface area contributed by atoms with E-state index < -0.39 is 5.97 Å². The molecule has 0 aliphatic rings. The molecular weight excluding hydrogens is 334 g/mol.